The number of hydrogen-bond acceptors (Lipinski definition) is 1. The van der Waals surface area contributed by atoms with Crippen LogP contribution in [-0.4, -0.2) is 6.72 Å². The molecule has 0 radical (unpaired) electrons. The second-order valence-corrected chi connectivity index (χ2v) is 3.26. The van der Waals surface area contributed by atoms with Crippen molar-refractivity contribution in [2.24, 2.45) is 10.4 Å². The molecule has 0 saturated carbocycles. The van der Waals surface area contributed by atoms with Crippen LogP contribution in [0.1, 0.15) is 27.2 Å². The number of nitrogens with zero attached hydrogens (tertiary/aromatic N) is 1. The molecular weight excluding hydrogens is 134 g/mol. The van der Waals surface area contributed by atoms with Crippen molar-refractivity contribution in [3.05, 3.63) is 24.4 Å². The first-order chi connectivity index (χ1) is 5.04. The maximum absolute atomic E-state index is 3.96. The largest absolute Gasteiger partial charge is 0.273 e. The highest BCUT2D eigenvalue weighted by Crippen LogP contribution is 2.29. The van der Waals surface area contributed by atoms with Crippen LogP contribution in [0.3, 0.4) is 0 Å². The first-order valence-corrected chi connectivity index (χ1v) is 3.86. The van der Waals surface area contributed by atoms with E-state index >= 15 is 0 Å². The van der Waals surface area contributed by atoms with Gasteiger partial charge in [-0.05, 0) is 30.2 Å². The summed E-state index contributed by atoms with van der Waals surface area (Å²) in [6.07, 6.45) is 4.68. The highest BCUT2D eigenvalue weighted by Gasteiger charge is 2.16. The molecule has 0 heterocycles. The number of hydrogen-bond donors (Lipinski definition) is 0. The summed E-state index contributed by atoms with van der Waals surface area (Å²) in [4.78, 5) is 3.63. The Kier molecular flexibility index (Phi) is 3.80. The van der Waals surface area contributed by atoms with Gasteiger partial charge in [-0.1, -0.05) is 27.4 Å². The molecule has 0 N–H and O–H groups in total. The van der Waals surface area contributed by atoms with Crippen molar-refractivity contribution in [1.82, 2.24) is 0 Å². The molecule has 0 aliphatic carbocycles. The molecule has 0 saturated heterocycles. The number of aliphatic imine (C=N–C) groups is 1. The van der Waals surface area contributed by atoms with E-state index in [1.54, 1.807) is 6.20 Å². The maximum atomic E-state index is 3.96. The van der Waals surface area contributed by atoms with Crippen molar-refractivity contribution in [2.75, 3.05) is 0 Å². The molecule has 0 bridgehead atoms. The predicted octanol–water partition coefficient (Wildman–Crippen LogP) is 3.19. The van der Waals surface area contributed by atoms with Crippen LogP contribution in [-0.2, 0) is 0 Å². The Bertz CT molecular complexity index is 175. The summed E-state index contributed by atoms with van der Waals surface area (Å²) in [6.45, 7) is 13.8. The van der Waals surface area contributed by atoms with Crippen LogP contribution >= 0.6 is 0 Å². The van der Waals surface area contributed by atoms with Gasteiger partial charge in [-0.25, -0.2) is 0 Å². The fourth-order valence-electron chi connectivity index (χ4n) is 0.595. The molecule has 1 heteroatoms. The molecule has 11 heavy (non-hydrogen) atoms. The van der Waals surface area contributed by atoms with Gasteiger partial charge in [0.25, 0.3) is 0 Å². The lowest BCUT2D eigenvalue weighted by Gasteiger charge is -2.22. The zero-order valence-electron chi connectivity index (χ0n) is 7.72. The fraction of sp³-hybridized carbons (Fsp3) is 0.500. The average molecular weight is 151 g/mol. The van der Waals surface area contributed by atoms with E-state index in [9.17, 15) is 0 Å². The lowest BCUT2D eigenvalue weighted by molar-refractivity contribution is 0.441. The Morgan fingerprint density at radius 1 is 1.55 bits per heavy atom. The summed E-state index contributed by atoms with van der Waals surface area (Å²) in [5.41, 5.74) is 1.29. The molecule has 0 aliphatic heterocycles. The lowest BCUT2D eigenvalue weighted by atomic mass is 9.83. The van der Waals surface area contributed by atoms with Gasteiger partial charge in [0.15, 0.2) is 0 Å². The highest BCUT2D eigenvalue weighted by molar-refractivity contribution is 5.28. The Balaban J connectivity index is 4.24. The number of rotatable bonds is 4. The Morgan fingerprint density at radius 3 is 2.45 bits per heavy atom. The van der Waals surface area contributed by atoms with Crippen LogP contribution in [0.5, 0.6) is 0 Å². The summed E-state index contributed by atoms with van der Waals surface area (Å²) in [5.74, 6) is 0. The van der Waals surface area contributed by atoms with E-state index in [-0.39, 0.29) is 5.41 Å². The van der Waals surface area contributed by atoms with Crippen LogP contribution in [0.4, 0.5) is 0 Å². The van der Waals surface area contributed by atoms with Crippen LogP contribution in [0, 0.1) is 5.41 Å². The van der Waals surface area contributed by atoms with Gasteiger partial charge < -0.3 is 0 Å². The monoisotopic (exact) mass is 151 g/mol. The van der Waals surface area contributed by atoms with Crippen molar-refractivity contribution < 1.29 is 0 Å². The van der Waals surface area contributed by atoms with Crippen molar-refractivity contribution >= 4 is 6.72 Å². The molecule has 0 amide bonds. The van der Waals surface area contributed by atoms with E-state index in [1.165, 1.54) is 0 Å². The minimum atomic E-state index is 0.182. The second kappa shape index (κ2) is 4.12. The smallest absolute Gasteiger partial charge is 0.0263 e. The third-order valence-electron chi connectivity index (χ3n) is 2.13. The third kappa shape index (κ3) is 3.17. The first kappa shape index (κ1) is 10.2. The second-order valence-electron chi connectivity index (χ2n) is 3.26. The Labute approximate surface area is 69.5 Å². The summed E-state index contributed by atoms with van der Waals surface area (Å²) in [6, 6.07) is 0. The van der Waals surface area contributed by atoms with E-state index < -0.39 is 0 Å². The van der Waals surface area contributed by atoms with Gasteiger partial charge in [0.05, 0.1) is 0 Å². The third-order valence-corrected chi connectivity index (χ3v) is 2.13. The maximum Gasteiger partial charge on any atom is 0.0263 e. The zero-order chi connectivity index (χ0) is 8.91. The fourth-order valence-corrected chi connectivity index (χ4v) is 0.595. The van der Waals surface area contributed by atoms with Crippen molar-refractivity contribution in [1.29, 1.82) is 0 Å². The first-order valence-electron chi connectivity index (χ1n) is 3.86. The van der Waals surface area contributed by atoms with E-state index in [0.717, 1.165) is 12.0 Å². The molecule has 0 fully saturated rings. The molecule has 0 aromatic rings. The Hall–Kier alpha value is -0.850. The summed E-state index contributed by atoms with van der Waals surface area (Å²) < 4.78 is 0. The zero-order valence-corrected chi connectivity index (χ0v) is 7.72. The van der Waals surface area contributed by atoms with E-state index in [4.69, 9.17) is 0 Å². The summed E-state index contributed by atoms with van der Waals surface area (Å²) in [5, 5.41) is 0. The van der Waals surface area contributed by atoms with Gasteiger partial charge in [-0.2, -0.15) is 0 Å². The molecular formula is C10H17N. The minimum absolute atomic E-state index is 0.182. The molecule has 62 valence electrons. The quantitative estimate of drug-likeness (QED) is 0.432. The molecule has 0 spiro atoms. The molecule has 0 aromatic heterocycles. The van der Waals surface area contributed by atoms with Crippen LogP contribution in [0.15, 0.2) is 29.4 Å². The van der Waals surface area contributed by atoms with Gasteiger partial charge in [-0.15, -0.1) is 0 Å². The van der Waals surface area contributed by atoms with Crippen molar-refractivity contribution in [3.63, 3.8) is 0 Å². The SMILES string of the molecule is C=N/C=C\C(=C)C(C)(C)CC. The molecule has 1 nitrogen and oxygen atoms in total. The molecule has 0 aliphatic rings. The molecule has 0 atom stereocenters. The van der Waals surface area contributed by atoms with Crippen LogP contribution < -0.4 is 0 Å². The van der Waals surface area contributed by atoms with Gasteiger partial charge >= 0.3 is 0 Å². The van der Waals surface area contributed by atoms with E-state index in [1.807, 2.05) is 6.08 Å². The molecule has 0 unspecified atom stereocenters. The highest BCUT2D eigenvalue weighted by atomic mass is 14.6. The van der Waals surface area contributed by atoms with Gasteiger partial charge in [0, 0.05) is 6.20 Å². The molecule has 0 rings (SSSR count). The summed E-state index contributed by atoms with van der Waals surface area (Å²) >= 11 is 0. The van der Waals surface area contributed by atoms with Gasteiger partial charge in [-0.3, -0.25) is 4.99 Å². The minimum Gasteiger partial charge on any atom is -0.273 e. The Morgan fingerprint density at radius 2 is 2.09 bits per heavy atom. The average Bonchev–Trinajstić information content (AvgIpc) is 2.00. The van der Waals surface area contributed by atoms with E-state index in [2.05, 4.69) is 39.1 Å². The normalized spacial score (nSPS) is 11.9. The molecule has 0 aromatic carbocycles. The number of allylic oxidation sites excluding steroid dienone is 2. The summed E-state index contributed by atoms with van der Waals surface area (Å²) in [7, 11) is 0. The van der Waals surface area contributed by atoms with E-state index in [0.29, 0.717) is 0 Å². The van der Waals surface area contributed by atoms with Crippen LogP contribution in [0.2, 0.25) is 0 Å². The van der Waals surface area contributed by atoms with Gasteiger partial charge in [0.2, 0.25) is 0 Å². The van der Waals surface area contributed by atoms with Crippen molar-refractivity contribution in [3.8, 4) is 0 Å². The van der Waals surface area contributed by atoms with Crippen LogP contribution in [0.25, 0.3) is 0 Å². The standard InChI is InChI=1S/C10H17N/c1-6-10(3,4)9(2)7-8-11-5/h7-8H,2,5-6H2,1,3-4H3/b8-7-. The van der Waals surface area contributed by atoms with Crippen molar-refractivity contribution in [2.45, 2.75) is 27.2 Å². The van der Waals surface area contributed by atoms with Gasteiger partial charge in [0.1, 0.15) is 0 Å². The predicted molar refractivity (Wildman–Crippen MR) is 51.9 cm³/mol. The lowest BCUT2D eigenvalue weighted by Crippen LogP contribution is -2.10. The topological polar surface area (TPSA) is 12.4 Å².